The molecule has 0 radical (unpaired) electrons. The Morgan fingerprint density at radius 3 is 2.53 bits per heavy atom. The van der Waals surface area contributed by atoms with Gasteiger partial charge in [-0.3, -0.25) is 4.68 Å². The van der Waals surface area contributed by atoms with Crippen LogP contribution in [0.3, 0.4) is 0 Å². The zero-order valence-electron chi connectivity index (χ0n) is 11.3. The third kappa shape index (κ3) is 2.43. The molecule has 0 bridgehead atoms. The van der Waals surface area contributed by atoms with Gasteiger partial charge in [0.1, 0.15) is 0 Å². The minimum Gasteiger partial charge on any atom is -0.316 e. The second-order valence-electron chi connectivity index (χ2n) is 5.87. The lowest BCUT2D eigenvalue weighted by molar-refractivity contribution is 0.418. The Balaban J connectivity index is 2.14. The van der Waals surface area contributed by atoms with Crippen molar-refractivity contribution in [1.82, 2.24) is 15.1 Å². The smallest absolute Gasteiger partial charge is 0.0738 e. The van der Waals surface area contributed by atoms with Gasteiger partial charge in [-0.05, 0) is 47.7 Å². The van der Waals surface area contributed by atoms with Crippen molar-refractivity contribution < 1.29 is 0 Å². The molecule has 1 N–H and O–H groups in total. The number of rotatable bonds is 4. The van der Waals surface area contributed by atoms with E-state index in [0.29, 0.717) is 11.5 Å². The molecule has 1 aliphatic carbocycles. The fourth-order valence-electron chi connectivity index (χ4n) is 2.75. The van der Waals surface area contributed by atoms with Crippen LogP contribution in [-0.4, -0.2) is 22.9 Å². The highest BCUT2D eigenvalue weighted by atomic mass is 79.9. The summed E-state index contributed by atoms with van der Waals surface area (Å²) < 4.78 is 3.16. The molecule has 1 aromatic rings. The van der Waals surface area contributed by atoms with Gasteiger partial charge in [-0.2, -0.15) is 5.10 Å². The molecule has 1 heterocycles. The largest absolute Gasteiger partial charge is 0.316 e. The van der Waals surface area contributed by atoms with E-state index in [4.69, 9.17) is 0 Å². The first-order valence-electron chi connectivity index (χ1n) is 6.22. The zero-order valence-corrected chi connectivity index (χ0v) is 12.9. The maximum Gasteiger partial charge on any atom is 0.0738 e. The summed E-state index contributed by atoms with van der Waals surface area (Å²) >= 11 is 3.65. The molecule has 2 unspecified atom stereocenters. The molecule has 0 spiro atoms. The van der Waals surface area contributed by atoms with E-state index in [9.17, 15) is 0 Å². The standard InChI is InChI=1S/C13H22BrN3/c1-8-12(14)11(17(5)16-8)6-10(15-4)9-7-13(9,2)3/h9-10,15H,6-7H2,1-5H3. The van der Waals surface area contributed by atoms with E-state index >= 15 is 0 Å². The number of nitrogens with zero attached hydrogens (tertiary/aromatic N) is 2. The van der Waals surface area contributed by atoms with Crippen molar-refractivity contribution >= 4 is 15.9 Å². The molecule has 2 atom stereocenters. The summed E-state index contributed by atoms with van der Waals surface area (Å²) in [4.78, 5) is 0. The highest BCUT2D eigenvalue weighted by Crippen LogP contribution is 2.54. The fraction of sp³-hybridized carbons (Fsp3) is 0.769. The van der Waals surface area contributed by atoms with Gasteiger partial charge < -0.3 is 5.32 Å². The number of hydrogen-bond acceptors (Lipinski definition) is 2. The maximum absolute atomic E-state index is 4.46. The molecule has 0 aliphatic heterocycles. The van der Waals surface area contributed by atoms with Crippen molar-refractivity contribution in [2.45, 2.75) is 39.7 Å². The molecule has 2 rings (SSSR count). The summed E-state index contributed by atoms with van der Waals surface area (Å²) in [7, 11) is 4.09. The van der Waals surface area contributed by atoms with Crippen LogP contribution in [0.15, 0.2) is 4.47 Å². The minimum absolute atomic E-state index is 0.508. The lowest BCUT2D eigenvalue weighted by Crippen LogP contribution is -2.32. The van der Waals surface area contributed by atoms with Crippen LogP contribution in [0.5, 0.6) is 0 Å². The van der Waals surface area contributed by atoms with Crippen LogP contribution >= 0.6 is 15.9 Å². The van der Waals surface area contributed by atoms with E-state index in [0.717, 1.165) is 18.0 Å². The second kappa shape index (κ2) is 4.39. The maximum atomic E-state index is 4.46. The van der Waals surface area contributed by atoms with Crippen molar-refractivity contribution in [2.75, 3.05) is 7.05 Å². The van der Waals surface area contributed by atoms with Gasteiger partial charge in [0, 0.05) is 19.5 Å². The molecule has 96 valence electrons. The van der Waals surface area contributed by atoms with Crippen LogP contribution in [0.4, 0.5) is 0 Å². The Morgan fingerprint density at radius 1 is 1.59 bits per heavy atom. The van der Waals surface area contributed by atoms with Gasteiger partial charge in [0.15, 0.2) is 0 Å². The van der Waals surface area contributed by atoms with Gasteiger partial charge >= 0.3 is 0 Å². The van der Waals surface area contributed by atoms with Gasteiger partial charge in [-0.25, -0.2) is 0 Å². The van der Waals surface area contributed by atoms with Crippen LogP contribution in [0, 0.1) is 18.3 Å². The predicted octanol–water partition coefficient (Wildman–Crippen LogP) is 2.67. The summed E-state index contributed by atoms with van der Waals surface area (Å²) in [6.07, 6.45) is 2.37. The number of aryl methyl sites for hydroxylation is 2. The molecule has 1 fully saturated rings. The average Bonchev–Trinajstić information content (AvgIpc) is 2.80. The Morgan fingerprint density at radius 2 is 2.18 bits per heavy atom. The zero-order chi connectivity index (χ0) is 12.8. The summed E-state index contributed by atoms with van der Waals surface area (Å²) in [5.41, 5.74) is 2.88. The van der Waals surface area contributed by atoms with E-state index in [1.165, 1.54) is 16.6 Å². The molecule has 0 amide bonds. The van der Waals surface area contributed by atoms with Crippen molar-refractivity contribution in [2.24, 2.45) is 18.4 Å². The predicted molar refractivity (Wildman–Crippen MR) is 74.1 cm³/mol. The second-order valence-corrected chi connectivity index (χ2v) is 6.66. The molecule has 1 aliphatic rings. The van der Waals surface area contributed by atoms with Gasteiger partial charge in [0.05, 0.1) is 15.9 Å². The summed E-state index contributed by atoms with van der Waals surface area (Å²) in [5.74, 6) is 0.787. The Hall–Kier alpha value is -0.350. The molecule has 1 saturated carbocycles. The first-order valence-corrected chi connectivity index (χ1v) is 7.01. The molecule has 4 heteroatoms. The minimum atomic E-state index is 0.508. The normalized spacial score (nSPS) is 23.8. The van der Waals surface area contributed by atoms with Gasteiger partial charge in [-0.15, -0.1) is 0 Å². The monoisotopic (exact) mass is 299 g/mol. The van der Waals surface area contributed by atoms with Crippen LogP contribution in [0.2, 0.25) is 0 Å². The molecule has 17 heavy (non-hydrogen) atoms. The molecule has 3 nitrogen and oxygen atoms in total. The van der Waals surface area contributed by atoms with E-state index in [1.807, 2.05) is 18.7 Å². The fourth-order valence-corrected chi connectivity index (χ4v) is 3.25. The van der Waals surface area contributed by atoms with Crippen molar-refractivity contribution in [3.63, 3.8) is 0 Å². The number of nitrogens with one attached hydrogen (secondary N) is 1. The van der Waals surface area contributed by atoms with Crippen LogP contribution in [0.25, 0.3) is 0 Å². The van der Waals surface area contributed by atoms with Gasteiger partial charge in [0.25, 0.3) is 0 Å². The molecule has 0 aromatic carbocycles. The number of hydrogen-bond donors (Lipinski definition) is 1. The molecule has 0 saturated heterocycles. The first kappa shape index (κ1) is 13.1. The Kier molecular flexibility index (Phi) is 3.38. The first-order chi connectivity index (χ1) is 7.86. The van der Waals surface area contributed by atoms with E-state index in [1.54, 1.807) is 0 Å². The highest BCUT2D eigenvalue weighted by Gasteiger charge is 2.49. The van der Waals surface area contributed by atoms with Crippen LogP contribution < -0.4 is 5.32 Å². The van der Waals surface area contributed by atoms with Crippen molar-refractivity contribution in [3.05, 3.63) is 15.9 Å². The SMILES string of the molecule is CNC(Cc1c(Br)c(C)nn1C)C1CC1(C)C. The average molecular weight is 300 g/mol. The third-order valence-corrected chi connectivity index (χ3v) is 5.15. The van der Waals surface area contributed by atoms with Crippen LogP contribution in [0.1, 0.15) is 31.7 Å². The van der Waals surface area contributed by atoms with Gasteiger partial charge in [-0.1, -0.05) is 13.8 Å². The van der Waals surface area contributed by atoms with Crippen LogP contribution in [-0.2, 0) is 13.5 Å². The van der Waals surface area contributed by atoms with Crippen molar-refractivity contribution in [3.8, 4) is 0 Å². The third-order valence-electron chi connectivity index (χ3n) is 4.12. The Bertz CT molecular complexity index is 423. The van der Waals surface area contributed by atoms with Gasteiger partial charge in [0.2, 0.25) is 0 Å². The lowest BCUT2D eigenvalue weighted by atomic mass is 10.00. The highest BCUT2D eigenvalue weighted by molar-refractivity contribution is 9.10. The molecule has 1 aromatic heterocycles. The Labute approximate surface area is 112 Å². The quantitative estimate of drug-likeness (QED) is 0.926. The number of halogens is 1. The number of likely N-dealkylation sites (N-methyl/N-ethyl adjacent to an activating group) is 1. The van der Waals surface area contributed by atoms with E-state index in [2.05, 4.69) is 47.2 Å². The molecular weight excluding hydrogens is 278 g/mol. The lowest BCUT2D eigenvalue weighted by Gasteiger charge is -2.18. The summed E-state index contributed by atoms with van der Waals surface area (Å²) in [6.45, 7) is 6.75. The summed E-state index contributed by atoms with van der Waals surface area (Å²) in [5, 5.41) is 7.93. The number of aromatic nitrogens is 2. The summed E-state index contributed by atoms with van der Waals surface area (Å²) in [6, 6.07) is 0.552. The van der Waals surface area contributed by atoms with Crippen molar-refractivity contribution in [1.29, 1.82) is 0 Å². The van der Waals surface area contributed by atoms with E-state index < -0.39 is 0 Å². The topological polar surface area (TPSA) is 29.9 Å². The molecular formula is C13H22BrN3. The van der Waals surface area contributed by atoms with E-state index in [-0.39, 0.29) is 0 Å².